The summed E-state index contributed by atoms with van der Waals surface area (Å²) >= 11 is 1.59. The van der Waals surface area contributed by atoms with Crippen LogP contribution in [0.2, 0.25) is 0 Å². The molecule has 104 valence electrons. The number of fused-ring (bicyclic) bond motifs is 1. The fourth-order valence-electron chi connectivity index (χ4n) is 1.49. The van der Waals surface area contributed by atoms with Crippen molar-refractivity contribution in [2.45, 2.75) is 0 Å². The Balaban J connectivity index is 1.71. The lowest BCUT2D eigenvalue weighted by Gasteiger charge is -2.04. The monoisotopic (exact) mass is 300 g/mol. The Morgan fingerprint density at radius 2 is 2.11 bits per heavy atom. The molecule has 0 spiro atoms. The van der Waals surface area contributed by atoms with Crippen LogP contribution in [0.25, 0.3) is 10.2 Å². The Hall–Kier alpha value is -1.18. The number of nitrogens with zero attached hydrogens (tertiary/aromatic N) is 1. The molecule has 2 rings (SSSR count). The molecule has 0 amide bonds. The van der Waals surface area contributed by atoms with Gasteiger partial charge in [0.2, 0.25) is 0 Å². The van der Waals surface area contributed by atoms with Gasteiger partial charge in [0, 0.05) is 12.8 Å². The summed E-state index contributed by atoms with van der Waals surface area (Å²) in [6, 6.07) is 7.94. The fourth-order valence-corrected chi connectivity index (χ4v) is 2.80. The zero-order chi connectivity index (χ0) is 13.7. The van der Waals surface area contributed by atoms with Crippen LogP contribution in [0.1, 0.15) is 0 Å². The van der Waals surface area contributed by atoms with Crippen LogP contribution >= 0.6 is 11.3 Å². The van der Waals surface area contributed by atoms with Gasteiger partial charge < -0.3 is 10.1 Å². The van der Waals surface area contributed by atoms with E-state index < -0.39 is 9.84 Å². The highest BCUT2D eigenvalue weighted by atomic mass is 32.2. The Labute approximate surface area is 116 Å². The number of sulfone groups is 1. The summed E-state index contributed by atoms with van der Waals surface area (Å²) in [5, 5.41) is 4.02. The lowest BCUT2D eigenvalue weighted by atomic mass is 10.3. The highest BCUT2D eigenvalue weighted by Gasteiger charge is 2.03. The van der Waals surface area contributed by atoms with Crippen LogP contribution < -0.4 is 5.32 Å². The van der Waals surface area contributed by atoms with Gasteiger partial charge in [0.15, 0.2) is 5.13 Å². The van der Waals surface area contributed by atoms with E-state index in [2.05, 4.69) is 10.3 Å². The molecule has 2 aromatic rings. The molecule has 0 fully saturated rings. The minimum absolute atomic E-state index is 0.0636. The first-order valence-corrected chi connectivity index (χ1v) is 8.77. The second-order valence-corrected chi connectivity index (χ2v) is 7.45. The Kier molecular flexibility index (Phi) is 4.73. The zero-order valence-electron chi connectivity index (χ0n) is 10.6. The third kappa shape index (κ3) is 4.77. The highest BCUT2D eigenvalue weighted by Crippen LogP contribution is 2.24. The van der Waals surface area contributed by atoms with E-state index in [1.165, 1.54) is 6.26 Å². The normalized spacial score (nSPS) is 11.8. The minimum Gasteiger partial charge on any atom is -0.379 e. The number of benzene rings is 1. The van der Waals surface area contributed by atoms with Crippen molar-refractivity contribution in [2.75, 3.05) is 37.1 Å². The second kappa shape index (κ2) is 6.31. The number of hydrogen-bond acceptors (Lipinski definition) is 6. The predicted octanol–water partition coefficient (Wildman–Crippen LogP) is 1.77. The van der Waals surface area contributed by atoms with Gasteiger partial charge in [-0.2, -0.15) is 0 Å². The molecule has 0 bridgehead atoms. The topological polar surface area (TPSA) is 68.3 Å². The van der Waals surface area contributed by atoms with E-state index in [0.29, 0.717) is 13.2 Å². The van der Waals surface area contributed by atoms with Gasteiger partial charge >= 0.3 is 0 Å². The summed E-state index contributed by atoms with van der Waals surface area (Å²) in [6.07, 6.45) is 1.20. The summed E-state index contributed by atoms with van der Waals surface area (Å²) in [6.45, 7) is 1.31. The van der Waals surface area contributed by atoms with Gasteiger partial charge in [-0.1, -0.05) is 23.5 Å². The maximum Gasteiger partial charge on any atom is 0.183 e. The molecule has 0 saturated carbocycles. The highest BCUT2D eigenvalue weighted by molar-refractivity contribution is 7.90. The van der Waals surface area contributed by atoms with Crippen molar-refractivity contribution >= 4 is 36.5 Å². The van der Waals surface area contributed by atoms with Gasteiger partial charge in [-0.25, -0.2) is 13.4 Å². The minimum atomic E-state index is -2.94. The van der Waals surface area contributed by atoms with Crippen LogP contribution in [0, 0.1) is 0 Å². The van der Waals surface area contributed by atoms with Crippen molar-refractivity contribution in [1.82, 2.24) is 4.98 Å². The van der Waals surface area contributed by atoms with Crippen molar-refractivity contribution in [3.63, 3.8) is 0 Å². The number of para-hydroxylation sites is 1. The van der Waals surface area contributed by atoms with Crippen LogP contribution in [-0.4, -0.2) is 45.2 Å². The van der Waals surface area contributed by atoms with Gasteiger partial charge in [0.1, 0.15) is 9.84 Å². The molecule has 0 atom stereocenters. The summed E-state index contributed by atoms with van der Waals surface area (Å²) in [5.41, 5.74) is 0.980. The quantitative estimate of drug-likeness (QED) is 0.789. The molecule has 0 aliphatic rings. The number of hydrogen-bond donors (Lipinski definition) is 1. The lowest BCUT2D eigenvalue weighted by molar-refractivity contribution is 0.159. The van der Waals surface area contributed by atoms with Crippen LogP contribution in [0.5, 0.6) is 0 Å². The number of thiazole rings is 1. The second-order valence-electron chi connectivity index (χ2n) is 4.16. The molecular weight excluding hydrogens is 284 g/mol. The Morgan fingerprint density at radius 3 is 2.84 bits per heavy atom. The fraction of sp³-hybridized carbons (Fsp3) is 0.417. The number of ether oxygens (including phenoxy) is 1. The molecule has 7 heteroatoms. The molecule has 19 heavy (non-hydrogen) atoms. The molecule has 0 radical (unpaired) electrons. The van der Waals surface area contributed by atoms with Crippen LogP contribution in [0.3, 0.4) is 0 Å². The van der Waals surface area contributed by atoms with Crippen molar-refractivity contribution in [2.24, 2.45) is 0 Å². The van der Waals surface area contributed by atoms with E-state index in [-0.39, 0.29) is 12.4 Å². The average Bonchev–Trinajstić information content (AvgIpc) is 2.74. The van der Waals surface area contributed by atoms with Gasteiger partial charge in [-0.3, -0.25) is 0 Å². The smallest absolute Gasteiger partial charge is 0.183 e. The maximum absolute atomic E-state index is 10.9. The van der Waals surface area contributed by atoms with E-state index in [1.54, 1.807) is 11.3 Å². The first-order valence-electron chi connectivity index (χ1n) is 5.89. The molecule has 5 nitrogen and oxygen atoms in total. The molecule has 0 unspecified atom stereocenters. The van der Waals surface area contributed by atoms with Gasteiger partial charge in [0.25, 0.3) is 0 Å². The van der Waals surface area contributed by atoms with Crippen molar-refractivity contribution < 1.29 is 13.2 Å². The van der Waals surface area contributed by atoms with E-state index in [1.807, 2.05) is 24.3 Å². The van der Waals surface area contributed by atoms with E-state index in [9.17, 15) is 8.42 Å². The molecular formula is C12H16N2O3S2. The molecule has 0 aliphatic carbocycles. The van der Waals surface area contributed by atoms with Crippen molar-refractivity contribution in [1.29, 1.82) is 0 Å². The SMILES string of the molecule is CS(=O)(=O)CCOCCNc1nc2ccccc2s1. The number of rotatable bonds is 7. The lowest BCUT2D eigenvalue weighted by Crippen LogP contribution is -2.14. The molecule has 1 aromatic carbocycles. The summed E-state index contributed by atoms with van der Waals surface area (Å²) in [5.74, 6) is 0.0636. The van der Waals surface area contributed by atoms with E-state index >= 15 is 0 Å². The molecule has 0 saturated heterocycles. The van der Waals surface area contributed by atoms with Crippen LogP contribution in [0.15, 0.2) is 24.3 Å². The largest absolute Gasteiger partial charge is 0.379 e. The van der Waals surface area contributed by atoms with Gasteiger partial charge in [0.05, 0.1) is 29.2 Å². The van der Waals surface area contributed by atoms with Gasteiger partial charge in [-0.15, -0.1) is 0 Å². The predicted molar refractivity (Wildman–Crippen MR) is 78.6 cm³/mol. The van der Waals surface area contributed by atoms with E-state index in [0.717, 1.165) is 15.3 Å². The van der Waals surface area contributed by atoms with Gasteiger partial charge in [-0.05, 0) is 12.1 Å². The Morgan fingerprint density at radius 1 is 1.32 bits per heavy atom. The first-order chi connectivity index (χ1) is 9.04. The third-order valence-corrected chi connectivity index (χ3v) is 4.32. The summed E-state index contributed by atoms with van der Waals surface area (Å²) in [4.78, 5) is 4.43. The number of nitrogens with one attached hydrogen (secondary N) is 1. The first kappa shape index (κ1) is 14.2. The standard InChI is InChI=1S/C12H16N2O3S2/c1-19(15,16)9-8-17-7-6-13-12-14-10-4-2-3-5-11(10)18-12/h2-5H,6-9H2,1H3,(H,13,14). The molecule has 0 aliphatic heterocycles. The van der Waals surface area contributed by atoms with Crippen molar-refractivity contribution in [3.8, 4) is 0 Å². The van der Waals surface area contributed by atoms with Crippen LogP contribution in [-0.2, 0) is 14.6 Å². The molecule has 1 N–H and O–H groups in total. The van der Waals surface area contributed by atoms with Crippen LogP contribution in [0.4, 0.5) is 5.13 Å². The number of anilines is 1. The molecule has 1 aromatic heterocycles. The zero-order valence-corrected chi connectivity index (χ0v) is 12.3. The maximum atomic E-state index is 10.9. The molecule has 1 heterocycles. The average molecular weight is 300 g/mol. The third-order valence-electron chi connectivity index (χ3n) is 2.41. The Bertz CT molecular complexity index is 604. The summed E-state index contributed by atoms with van der Waals surface area (Å²) < 4.78 is 28.1. The van der Waals surface area contributed by atoms with E-state index in [4.69, 9.17) is 4.74 Å². The number of aromatic nitrogens is 1. The van der Waals surface area contributed by atoms with Crippen molar-refractivity contribution in [3.05, 3.63) is 24.3 Å². The summed E-state index contributed by atoms with van der Waals surface area (Å²) in [7, 11) is -2.94.